The lowest BCUT2D eigenvalue weighted by Crippen LogP contribution is -2.23. The number of ether oxygens (including phenoxy) is 1. The number of aromatic nitrogens is 4. The van der Waals surface area contributed by atoms with Gasteiger partial charge in [-0.2, -0.15) is 9.36 Å². The van der Waals surface area contributed by atoms with E-state index in [1.54, 1.807) is 14.2 Å². The molecule has 33 heavy (non-hydrogen) atoms. The van der Waals surface area contributed by atoms with Crippen molar-refractivity contribution in [1.82, 2.24) is 19.8 Å². The fourth-order valence-electron chi connectivity index (χ4n) is 3.57. The molecule has 0 radical (unpaired) electrons. The van der Waals surface area contributed by atoms with E-state index in [4.69, 9.17) is 9.57 Å². The maximum atomic E-state index is 12.3. The summed E-state index contributed by atoms with van der Waals surface area (Å²) >= 11 is 0. The predicted molar refractivity (Wildman–Crippen MR) is 126 cm³/mol. The number of hydrogen-bond donors (Lipinski definition) is 0. The quantitative estimate of drug-likeness (QED) is 0.322. The van der Waals surface area contributed by atoms with Crippen LogP contribution in [-0.4, -0.2) is 32.6 Å². The fourth-order valence-corrected chi connectivity index (χ4v) is 3.57. The molecule has 0 N–H and O–H groups in total. The maximum absolute atomic E-state index is 12.3. The van der Waals surface area contributed by atoms with E-state index < -0.39 is 0 Å². The number of benzene rings is 3. The summed E-state index contributed by atoms with van der Waals surface area (Å²) in [5, 5.41) is 12.0. The first-order chi connectivity index (χ1) is 16.0. The van der Waals surface area contributed by atoms with Gasteiger partial charge < -0.3 is 9.57 Å². The molecule has 0 aliphatic heterocycles. The number of nitrogens with zero attached hydrogens (tertiary/aromatic N) is 5. The van der Waals surface area contributed by atoms with Gasteiger partial charge in [-0.15, -0.1) is 0 Å². The summed E-state index contributed by atoms with van der Waals surface area (Å²) in [5.41, 5.74) is 5.91. The number of hydrogen-bond acceptors (Lipinski definition) is 6. The second kappa shape index (κ2) is 9.52. The molecule has 0 saturated heterocycles. The number of rotatable bonds is 7. The van der Waals surface area contributed by atoms with Crippen molar-refractivity contribution < 1.29 is 9.57 Å². The molecule has 0 aliphatic carbocycles. The topological polar surface area (TPSA) is 83.5 Å². The van der Waals surface area contributed by atoms with Crippen molar-refractivity contribution in [2.75, 3.05) is 7.11 Å². The molecule has 0 amide bonds. The van der Waals surface area contributed by atoms with Gasteiger partial charge >= 0.3 is 5.69 Å². The minimum absolute atomic E-state index is 0.274. The Morgan fingerprint density at radius 1 is 0.970 bits per heavy atom. The van der Waals surface area contributed by atoms with Crippen LogP contribution in [0.25, 0.3) is 5.69 Å². The average molecular weight is 444 g/mol. The largest absolute Gasteiger partial charge is 0.489 e. The van der Waals surface area contributed by atoms with Crippen LogP contribution in [0.3, 0.4) is 0 Å². The Bertz CT molecular complexity index is 1370. The maximum Gasteiger partial charge on any atom is 0.368 e. The minimum atomic E-state index is -0.316. The van der Waals surface area contributed by atoms with Crippen LogP contribution in [0.15, 0.2) is 76.7 Å². The van der Waals surface area contributed by atoms with Gasteiger partial charge in [-0.1, -0.05) is 47.1 Å². The normalized spacial score (nSPS) is 11.5. The van der Waals surface area contributed by atoms with E-state index in [2.05, 4.69) is 21.6 Å². The van der Waals surface area contributed by atoms with E-state index in [1.807, 2.05) is 74.5 Å². The van der Waals surface area contributed by atoms with Gasteiger partial charge in [-0.25, -0.2) is 4.79 Å². The molecule has 168 valence electrons. The zero-order valence-corrected chi connectivity index (χ0v) is 19.0. The van der Waals surface area contributed by atoms with Crippen LogP contribution >= 0.6 is 0 Å². The summed E-state index contributed by atoms with van der Waals surface area (Å²) in [6.07, 6.45) is 0. The first kappa shape index (κ1) is 22.0. The van der Waals surface area contributed by atoms with Crippen LogP contribution in [0.1, 0.15) is 27.8 Å². The van der Waals surface area contributed by atoms with Gasteiger partial charge in [0.05, 0.1) is 5.69 Å². The molecule has 0 saturated carbocycles. The van der Waals surface area contributed by atoms with Crippen LogP contribution in [-0.2, 0) is 18.5 Å². The van der Waals surface area contributed by atoms with E-state index in [-0.39, 0.29) is 12.3 Å². The van der Waals surface area contributed by atoms with E-state index in [9.17, 15) is 4.79 Å². The third-order valence-electron chi connectivity index (χ3n) is 5.25. The van der Waals surface area contributed by atoms with Crippen molar-refractivity contribution in [1.29, 1.82) is 0 Å². The lowest BCUT2D eigenvalue weighted by molar-refractivity contribution is 0.214. The molecule has 0 spiro atoms. The highest BCUT2D eigenvalue weighted by molar-refractivity contribution is 6.12. The Hall–Kier alpha value is -4.20. The van der Waals surface area contributed by atoms with Crippen molar-refractivity contribution in [3.8, 4) is 11.4 Å². The molecule has 3 aromatic carbocycles. The molecule has 4 aromatic rings. The van der Waals surface area contributed by atoms with E-state index >= 15 is 0 Å². The van der Waals surface area contributed by atoms with Gasteiger partial charge in [-0.3, -0.25) is 0 Å². The standard InChI is InChI=1S/C25H25N5O3/c1-17-8-7-10-19(14-17)24(26-32-4)20-12-13-23(18(2)15-20)33-16-21-9-5-6-11-22(21)30-25(31)29(3)27-28-30/h5-15H,16H2,1-4H3. The second-order valence-electron chi connectivity index (χ2n) is 7.69. The van der Waals surface area contributed by atoms with Crippen LogP contribution in [0.5, 0.6) is 5.75 Å². The summed E-state index contributed by atoms with van der Waals surface area (Å²) in [4.78, 5) is 17.4. The van der Waals surface area contributed by atoms with Gasteiger partial charge in [0.15, 0.2) is 0 Å². The van der Waals surface area contributed by atoms with Crippen LogP contribution < -0.4 is 10.4 Å². The van der Waals surface area contributed by atoms with Crippen LogP contribution in [0.2, 0.25) is 0 Å². The van der Waals surface area contributed by atoms with Gasteiger partial charge in [0.1, 0.15) is 25.2 Å². The van der Waals surface area contributed by atoms with Crippen LogP contribution in [0, 0.1) is 13.8 Å². The molecule has 0 atom stereocenters. The summed E-state index contributed by atoms with van der Waals surface area (Å²) in [7, 11) is 3.10. The van der Waals surface area contributed by atoms with Crippen molar-refractivity contribution in [2.45, 2.75) is 20.5 Å². The second-order valence-corrected chi connectivity index (χ2v) is 7.69. The Kier molecular flexibility index (Phi) is 6.35. The Morgan fingerprint density at radius 2 is 1.76 bits per heavy atom. The van der Waals surface area contributed by atoms with Gasteiger partial charge in [0, 0.05) is 23.7 Å². The summed E-state index contributed by atoms with van der Waals surface area (Å²) in [5.74, 6) is 0.737. The first-order valence-electron chi connectivity index (χ1n) is 10.5. The zero-order chi connectivity index (χ0) is 23.4. The summed E-state index contributed by atoms with van der Waals surface area (Å²) in [6.45, 7) is 4.30. The molecule has 0 unspecified atom stereocenters. The predicted octanol–water partition coefficient (Wildman–Crippen LogP) is 3.56. The Balaban J connectivity index is 1.59. The highest BCUT2D eigenvalue weighted by Crippen LogP contribution is 2.24. The SMILES string of the molecule is CON=C(c1cccc(C)c1)c1ccc(OCc2ccccc2-n2nnn(C)c2=O)c(C)c1. The van der Waals surface area contributed by atoms with Crippen molar-refractivity contribution in [3.05, 3.63) is 105 Å². The molecular formula is C25H25N5O3. The lowest BCUT2D eigenvalue weighted by atomic mass is 9.99. The van der Waals surface area contributed by atoms with Crippen molar-refractivity contribution >= 4 is 5.71 Å². The summed E-state index contributed by atoms with van der Waals surface area (Å²) < 4.78 is 8.57. The van der Waals surface area contributed by atoms with Crippen molar-refractivity contribution in [3.63, 3.8) is 0 Å². The van der Waals surface area contributed by atoms with E-state index in [1.165, 1.54) is 9.36 Å². The highest BCUT2D eigenvalue weighted by atomic mass is 16.6. The molecule has 1 heterocycles. The Labute approximate surface area is 191 Å². The molecular weight excluding hydrogens is 418 g/mol. The third kappa shape index (κ3) is 4.69. The molecule has 0 bridgehead atoms. The lowest BCUT2D eigenvalue weighted by Gasteiger charge is -2.14. The number of aryl methyl sites for hydroxylation is 3. The molecule has 4 rings (SSSR count). The fraction of sp³-hybridized carbons (Fsp3) is 0.200. The minimum Gasteiger partial charge on any atom is -0.489 e. The molecule has 8 heteroatoms. The van der Waals surface area contributed by atoms with Crippen molar-refractivity contribution in [2.24, 2.45) is 12.2 Å². The zero-order valence-electron chi connectivity index (χ0n) is 19.0. The van der Waals surface area contributed by atoms with E-state index in [0.717, 1.165) is 39.3 Å². The molecule has 1 aromatic heterocycles. The Morgan fingerprint density at radius 3 is 2.45 bits per heavy atom. The number of tetrazole rings is 1. The number of oxime groups is 1. The van der Waals surface area contributed by atoms with Crippen LogP contribution in [0.4, 0.5) is 0 Å². The first-order valence-corrected chi connectivity index (χ1v) is 10.5. The monoisotopic (exact) mass is 443 g/mol. The smallest absolute Gasteiger partial charge is 0.368 e. The van der Waals surface area contributed by atoms with Gasteiger partial charge in [0.2, 0.25) is 0 Å². The highest BCUT2D eigenvalue weighted by Gasteiger charge is 2.13. The molecule has 0 aliphatic rings. The summed E-state index contributed by atoms with van der Waals surface area (Å²) in [6, 6.07) is 21.5. The third-order valence-corrected chi connectivity index (χ3v) is 5.25. The molecule has 8 nitrogen and oxygen atoms in total. The van der Waals surface area contributed by atoms with Gasteiger partial charge in [0.25, 0.3) is 0 Å². The average Bonchev–Trinajstić information content (AvgIpc) is 3.15. The van der Waals surface area contributed by atoms with Gasteiger partial charge in [-0.05, 0) is 60.2 Å². The molecule has 0 fully saturated rings. The van der Waals surface area contributed by atoms with E-state index in [0.29, 0.717) is 5.69 Å². The number of para-hydroxylation sites is 1.